The van der Waals surface area contributed by atoms with Crippen molar-refractivity contribution in [2.45, 2.75) is 19.9 Å². The zero-order valence-corrected chi connectivity index (χ0v) is 17.5. The van der Waals surface area contributed by atoms with Gasteiger partial charge in [-0.05, 0) is 12.5 Å². The van der Waals surface area contributed by atoms with Gasteiger partial charge in [0.2, 0.25) is 11.7 Å². The van der Waals surface area contributed by atoms with E-state index in [0.29, 0.717) is 12.5 Å². The number of rotatable bonds is 5. The number of imidazole rings is 1. The Morgan fingerprint density at radius 3 is 2.55 bits per heavy atom. The van der Waals surface area contributed by atoms with Crippen LogP contribution in [-0.2, 0) is 22.5 Å². The molecular formula is C21H23N5O5. The van der Waals surface area contributed by atoms with E-state index in [4.69, 9.17) is 4.74 Å². The molecule has 2 aromatic heterocycles. The van der Waals surface area contributed by atoms with Gasteiger partial charge >= 0.3 is 5.97 Å². The first-order chi connectivity index (χ1) is 14.8. The molecule has 1 aliphatic rings. The minimum absolute atomic E-state index is 0.125. The van der Waals surface area contributed by atoms with Crippen molar-refractivity contribution in [3.05, 3.63) is 57.5 Å². The molecule has 1 aliphatic heterocycles. The highest BCUT2D eigenvalue weighted by Gasteiger charge is 2.34. The van der Waals surface area contributed by atoms with Gasteiger partial charge < -0.3 is 19.6 Å². The number of ether oxygens (including phenoxy) is 1. The van der Waals surface area contributed by atoms with Crippen LogP contribution in [0.25, 0.3) is 5.78 Å². The lowest BCUT2D eigenvalue weighted by atomic mass is 10.2. The molecule has 3 heterocycles. The maximum Gasteiger partial charge on any atom is 0.310 e. The van der Waals surface area contributed by atoms with Crippen LogP contribution in [0.1, 0.15) is 28.5 Å². The van der Waals surface area contributed by atoms with Crippen LogP contribution in [0.4, 0.5) is 5.82 Å². The largest absolute Gasteiger partial charge is 0.494 e. The summed E-state index contributed by atoms with van der Waals surface area (Å²) in [7, 11) is 3.40. The van der Waals surface area contributed by atoms with Crippen LogP contribution in [0.5, 0.6) is 5.88 Å². The van der Waals surface area contributed by atoms with Crippen molar-refractivity contribution >= 4 is 23.5 Å². The molecule has 0 atom stereocenters. The van der Waals surface area contributed by atoms with Crippen LogP contribution in [0.15, 0.2) is 35.1 Å². The second-order valence-corrected chi connectivity index (χ2v) is 7.42. The minimum atomic E-state index is -0.643. The van der Waals surface area contributed by atoms with E-state index in [-0.39, 0.29) is 36.1 Å². The van der Waals surface area contributed by atoms with E-state index in [9.17, 15) is 19.5 Å². The molecule has 0 unspecified atom stereocenters. The van der Waals surface area contributed by atoms with Gasteiger partial charge in [-0.1, -0.05) is 30.3 Å². The van der Waals surface area contributed by atoms with Gasteiger partial charge in [0.1, 0.15) is 0 Å². The van der Waals surface area contributed by atoms with Crippen molar-refractivity contribution in [2.75, 3.05) is 32.3 Å². The molecule has 0 aliphatic carbocycles. The first kappa shape index (κ1) is 20.5. The lowest BCUT2D eigenvalue weighted by Crippen LogP contribution is -2.43. The van der Waals surface area contributed by atoms with Crippen LogP contribution in [0.2, 0.25) is 0 Å². The Kier molecular flexibility index (Phi) is 5.14. The Hall–Kier alpha value is -3.82. The summed E-state index contributed by atoms with van der Waals surface area (Å²) in [6, 6.07) is 9.27. The topological polar surface area (TPSA) is 109 Å². The quantitative estimate of drug-likeness (QED) is 0.603. The van der Waals surface area contributed by atoms with Gasteiger partial charge in [-0.15, -0.1) is 0 Å². The molecule has 1 aromatic carbocycles. The maximum atomic E-state index is 13.3. The van der Waals surface area contributed by atoms with Crippen molar-refractivity contribution in [1.29, 1.82) is 0 Å². The Morgan fingerprint density at radius 1 is 1.16 bits per heavy atom. The third-order valence-corrected chi connectivity index (χ3v) is 5.21. The van der Waals surface area contributed by atoms with Crippen molar-refractivity contribution in [2.24, 2.45) is 0 Å². The van der Waals surface area contributed by atoms with E-state index >= 15 is 0 Å². The third kappa shape index (κ3) is 3.39. The monoisotopic (exact) mass is 425 g/mol. The Morgan fingerprint density at radius 2 is 1.87 bits per heavy atom. The first-order valence-corrected chi connectivity index (χ1v) is 9.86. The number of nitrogens with zero attached hydrogens (tertiary/aromatic N) is 5. The summed E-state index contributed by atoms with van der Waals surface area (Å²) in [4.78, 5) is 46.1. The van der Waals surface area contributed by atoms with Gasteiger partial charge in [-0.3, -0.25) is 19.0 Å². The van der Waals surface area contributed by atoms with Gasteiger partial charge in [0.15, 0.2) is 11.5 Å². The number of esters is 1. The highest BCUT2D eigenvalue weighted by Crippen LogP contribution is 2.30. The Balaban J connectivity index is 2.01. The third-order valence-electron chi connectivity index (χ3n) is 5.21. The van der Waals surface area contributed by atoms with Crippen LogP contribution in [0.3, 0.4) is 0 Å². The number of hydrogen-bond acceptors (Lipinski definition) is 7. The van der Waals surface area contributed by atoms with Gasteiger partial charge in [-0.2, -0.15) is 4.98 Å². The Labute approximate surface area is 177 Å². The number of hydrogen-bond donors (Lipinski definition) is 1. The summed E-state index contributed by atoms with van der Waals surface area (Å²) in [5.41, 5.74) is 0.256. The van der Waals surface area contributed by atoms with Crippen molar-refractivity contribution in [3.8, 4) is 5.88 Å². The van der Waals surface area contributed by atoms with Gasteiger partial charge in [0.25, 0.3) is 11.5 Å². The number of fused-ring (bicyclic) bond motifs is 3. The van der Waals surface area contributed by atoms with E-state index in [2.05, 4.69) is 4.98 Å². The summed E-state index contributed by atoms with van der Waals surface area (Å²) in [6.45, 7) is 2.28. The second-order valence-electron chi connectivity index (χ2n) is 7.42. The van der Waals surface area contributed by atoms with E-state index in [1.807, 2.05) is 30.3 Å². The minimum Gasteiger partial charge on any atom is -0.494 e. The van der Waals surface area contributed by atoms with E-state index < -0.39 is 23.8 Å². The molecule has 162 valence electrons. The van der Waals surface area contributed by atoms with E-state index in [1.165, 1.54) is 13.9 Å². The number of aromatic hydroxyl groups is 1. The number of amides is 1. The Bertz CT molecular complexity index is 1230. The molecule has 4 rings (SSSR count). The molecule has 10 nitrogen and oxygen atoms in total. The predicted octanol–water partition coefficient (Wildman–Crippen LogP) is 0.835. The van der Waals surface area contributed by atoms with Crippen LogP contribution in [0, 0.1) is 0 Å². The fraction of sp³-hybridized carbons (Fsp3) is 0.333. The molecule has 1 N–H and O–H groups in total. The number of aromatic nitrogens is 3. The van der Waals surface area contributed by atoms with Gasteiger partial charge in [-0.25, -0.2) is 4.40 Å². The second kappa shape index (κ2) is 7.78. The SMILES string of the molecule is CCOC(=O)Cc1c(O)n2c3c(nc2n(Cc2ccccc2)c1=O)N(C)CN(C)C3=O. The molecule has 0 saturated carbocycles. The lowest BCUT2D eigenvalue weighted by Gasteiger charge is -2.30. The highest BCUT2D eigenvalue weighted by atomic mass is 16.5. The number of carbonyl (C=O) groups excluding carboxylic acids is 2. The summed E-state index contributed by atoms with van der Waals surface area (Å²) in [5.74, 6) is -0.992. The predicted molar refractivity (Wildman–Crippen MR) is 112 cm³/mol. The molecule has 0 saturated heterocycles. The highest BCUT2D eigenvalue weighted by molar-refractivity contribution is 6.00. The fourth-order valence-corrected chi connectivity index (χ4v) is 3.77. The summed E-state index contributed by atoms with van der Waals surface area (Å²) in [6.07, 6.45) is -0.421. The molecule has 0 fully saturated rings. The fourth-order valence-electron chi connectivity index (χ4n) is 3.77. The number of carbonyl (C=O) groups is 2. The van der Waals surface area contributed by atoms with E-state index in [0.717, 1.165) is 5.56 Å². The number of anilines is 1. The molecule has 0 bridgehead atoms. The molecule has 10 heteroatoms. The summed E-state index contributed by atoms with van der Waals surface area (Å²) >= 11 is 0. The standard InChI is InChI=1S/C21H23N5O5/c1-4-31-15(27)10-14-18(28)25(11-13-8-6-5-7-9-13)21-22-17-16(26(21)19(14)29)20(30)24(3)12-23(17)2/h5-9,29H,4,10-12H2,1-3H3. The van der Waals surface area contributed by atoms with Gasteiger partial charge in [0, 0.05) is 14.1 Å². The van der Waals surface area contributed by atoms with Crippen molar-refractivity contribution < 1.29 is 19.4 Å². The molecule has 1 amide bonds. The molecular weight excluding hydrogens is 402 g/mol. The molecule has 3 aromatic rings. The van der Waals surface area contributed by atoms with Crippen molar-refractivity contribution in [1.82, 2.24) is 18.9 Å². The van der Waals surface area contributed by atoms with Crippen LogP contribution < -0.4 is 10.5 Å². The first-order valence-electron chi connectivity index (χ1n) is 9.86. The normalized spacial score (nSPS) is 13.6. The molecule has 0 radical (unpaired) electrons. The lowest BCUT2D eigenvalue weighted by molar-refractivity contribution is -0.142. The molecule has 31 heavy (non-hydrogen) atoms. The zero-order valence-electron chi connectivity index (χ0n) is 17.5. The van der Waals surface area contributed by atoms with Crippen LogP contribution >= 0.6 is 0 Å². The van der Waals surface area contributed by atoms with Gasteiger partial charge in [0.05, 0.1) is 31.8 Å². The van der Waals surface area contributed by atoms with E-state index in [1.54, 1.807) is 25.9 Å². The average molecular weight is 425 g/mol. The smallest absolute Gasteiger partial charge is 0.310 e. The summed E-state index contributed by atoms with van der Waals surface area (Å²) < 4.78 is 7.59. The van der Waals surface area contributed by atoms with Crippen molar-refractivity contribution in [3.63, 3.8) is 0 Å². The number of benzene rings is 1. The maximum absolute atomic E-state index is 13.3. The molecule has 0 spiro atoms. The zero-order chi connectivity index (χ0) is 22.3. The van der Waals surface area contributed by atoms with Crippen LogP contribution in [-0.4, -0.2) is 63.2 Å². The summed E-state index contributed by atoms with van der Waals surface area (Å²) in [5, 5.41) is 11.0. The average Bonchev–Trinajstić information content (AvgIpc) is 3.15.